The van der Waals surface area contributed by atoms with E-state index in [1.807, 2.05) is 0 Å². The van der Waals surface area contributed by atoms with Gasteiger partial charge in [0.05, 0.1) is 5.92 Å². The maximum absolute atomic E-state index is 9.98. The van der Waals surface area contributed by atoms with E-state index < -0.39 is 5.97 Å². The first kappa shape index (κ1) is 7.43. The van der Waals surface area contributed by atoms with E-state index in [0.717, 1.165) is 19.3 Å². The zero-order valence-corrected chi connectivity index (χ0v) is 4.55. The Labute approximate surface area is 47.6 Å². The highest BCUT2D eigenvalue weighted by atomic mass is 16.4. The molecule has 1 aliphatic rings. The summed E-state index contributed by atoms with van der Waals surface area (Å²) in [5, 5.41) is 8.23. The van der Waals surface area contributed by atoms with Crippen molar-refractivity contribution in [3.8, 4) is 0 Å². The van der Waals surface area contributed by atoms with E-state index in [0.29, 0.717) is 0 Å². The van der Waals surface area contributed by atoms with Gasteiger partial charge in [0.1, 0.15) is 0 Å². The molecule has 0 aliphatic heterocycles. The minimum absolute atomic E-state index is 0. The second kappa shape index (κ2) is 2.67. The Morgan fingerprint density at radius 3 is 2.00 bits per heavy atom. The van der Waals surface area contributed by atoms with Gasteiger partial charge in [-0.1, -0.05) is 6.42 Å². The molecule has 48 valence electrons. The van der Waals surface area contributed by atoms with Crippen LogP contribution in [0.25, 0.3) is 0 Å². The Kier molecular flexibility index (Phi) is 2.48. The molecule has 0 unspecified atom stereocenters. The fourth-order valence-corrected chi connectivity index (χ4v) is 0.655. The molecule has 1 aliphatic carbocycles. The highest BCUT2D eigenvalue weighted by Gasteiger charge is 2.23. The molecule has 3 heteroatoms. The fraction of sp³-hybridized carbons (Fsp3) is 0.800. The first-order valence-corrected chi connectivity index (χ1v) is 2.53. The van der Waals surface area contributed by atoms with Gasteiger partial charge in [-0.05, 0) is 12.8 Å². The number of carbonyl (C=O) groups is 1. The van der Waals surface area contributed by atoms with Crippen molar-refractivity contribution in [2.24, 2.45) is 5.92 Å². The average Bonchev–Trinajstić information content (AvgIpc) is 1.23. The average molecular weight is 118 g/mol. The Morgan fingerprint density at radius 1 is 1.50 bits per heavy atom. The fourth-order valence-electron chi connectivity index (χ4n) is 0.655. The number of carboxylic acids is 1. The van der Waals surface area contributed by atoms with Gasteiger partial charge in [-0.25, -0.2) is 0 Å². The quantitative estimate of drug-likeness (QED) is 0.528. The molecule has 0 atom stereocenters. The summed E-state index contributed by atoms with van der Waals surface area (Å²) in [6, 6.07) is 0. The summed E-state index contributed by atoms with van der Waals surface area (Å²) in [5.74, 6) is -0.619. The molecule has 0 aromatic heterocycles. The molecule has 0 bridgehead atoms. The van der Waals surface area contributed by atoms with E-state index in [9.17, 15) is 4.79 Å². The highest BCUT2D eigenvalue weighted by molar-refractivity contribution is 5.70. The first-order chi connectivity index (χ1) is 3.30. The summed E-state index contributed by atoms with van der Waals surface area (Å²) in [7, 11) is 0. The standard InChI is InChI=1S/C5H8O2.H2O/c6-5(7)4-2-1-3-4;/h4H,1-3H2,(H,6,7);1H2. The van der Waals surface area contributed by atoms with Gasteiger partial charge in [-0.2, -0.15) is 0 Å². The van der Waals surface area contributed by atoms with Gasteiger partial charge >= 0.3 is 5.97 Å². The number of hydrogen-bond acceptors (Lipinski definition) is 1. The number of rotatable bonds is 1. The lowest BCUT2D eigenvalue weighted by atomic mass is 9.86. The van der Waals surface area contributed by atoms with Crippen molar-refractivity contribution in [2.45, 2.75) is 19.3 Å². The van der Waals surface area contributed by atoms with Gasteiger partial charge in [0.25, 0.3) is 0 Å². The predicted molar refractivity (Wildman–Crippen MR) is 28.6 cm³/mol. The zero-order chi connectivity index (χ0) is 5.28. The molecule has 0 saturated heterocycles. The largest absolute Gasteiger partial charge is 0.481 e. The minimum Gasteiger partial charge on any atom is -0.481 e. The monoisotopic (exact) mass is 118 g/mol. The summed E-state index contributed by atoms with van der Waals surface area (Å²) in [6.07, 6.45) is 2.90. The van der Waals surface area contributed by atoms with Crippen LogP contribution in [0.2, 0.25) is 0 Å². The van der Waals surface area contributed by atoms with Crippen LogP contribution in [0.1, 0.15) is 19.3 Å². The SMILES string of the molecule is O.O=C(O)C1CCC1. The molecule has 1 rings (SSSR count). The molecule has 3 nitrogen and oxygen atoms in total. The Hall–Kier alpha value is -0.570. The summed E-state index contributed by atoms with van der Waals surface area (Å²) < 4.78 is 0. The second-order valence-corrected chi connectivity index (χ2v) is 1.97. The lowest BCUT2D eigenvalue weighted by molar-refractivity contribution is -0.144. The van der Waals surface area contributed by atoms with Crippen molar-refractivity contribution in [1.29, 1.82) is 0 Å². The third-order valence-electron chi connectivity index (χ3n) is 1.45. The lowest BCUT2D eigenvalue weighted by Crippen LogP contribution is -2.20. The summed E-state index contributed by atoms with van der Waals surface area (Å²) in [4.78, 5) is 9.98. The molecule has 0 heterocycles. The van der Waals surface area contributed by atoms with Crippen LogP contribution < -0.4 is 0 Å². The van der Waals surface area contributed by atoms with Crippen molar-refractivity contribution >= 4 is 5.97 Å². The molecule has 3 N–H and O–H groups in total. The molecule has 8 heavy (non-hydrogen) atoms. The van der Waals surface area contributed by atoms with Crippen molar-refractivity contribution in [1.82, 2.24) is 0 Å². The van der Waals surface area contributed by atoms with Gasteiger partial charge in [0.15, 0.2) is 0 Å². The smallest absolute Gasteiger partial charge is 0.306 e. The van der Waals surface area contributed by atoms with Crippen LogP contribution in [0.3, 0.4) is 0 Å². The molecular weight excluding hydrogens is 108 g/mol. The van der Waals surface area contributed by atoms with Crippen molar-refractivity contribution in [3.63, 3.8) is 0 Å². The topological polar surface area (TPSA) is 68.8 Å². The minimum atomic E-state index is -0.619. The van der Waals surface area contributed by atoms with Gasteiger partial charge in [0, 0.05) is 0 Å². The van der Waals surface area contributed by atoms with Gasteiger partial charge in [-0.3, -0.25) is 4.79 Å². The Bertz CT molecular complexity index is 85.7. The van der Waals surface area contributed by atoms with Crippen molar-refractivity contribution < 1.29 is 15.4 Å². The van der Waals surface area contributed by atoms with Crippen molar-refractivity contribution in [2.75, 3.05) is 0 Å². The van der Waals surface area contributed by atoms with Crippen LogP contribution in [-0.2, 0) is 4.79 Å². The molecule has 0 aromatic carbocycles. The Morgan fingerprint density at radius 2 is 2.00 bits per heavy atom. The van der Waals surface area contributed by atoms with E-state index in [2.05, 4.69) is 0 Å². The molecule has 0 aromatic rings. The first-order valence-electron chi connectivity index (χ1n) is 2.53. The second-order valence-electron chi connectivity index (χ2n) is 1.97. The zero-order valence-electron chi connectivity index (χ0n) is 4.55. The highest BCUT2D eigenvalue weighted by Crippen LogP contribution is 2.25. The Balaban J connectivity index is 0.000000490. The third-order valence-corrected chi connectivity index (χ3v) is 1.45. The summed E-state index contributed by atoms with van der Waals surface area (Å²) >= 11 is 0. The molecular formula is C5H10O3. The number of hydrogen-bond donors (Lipinski definition) is 1. The molecule has 1 saturated carbocycles. The van der Waals surface area contributed by atoms with Gasteiger partial charge in [-0.15, -0.1) is 0 Å². The molecule has 0 radical (unpaired) electrons. The predicted octanol–water partition coefficient (Wildman–Crippen LogP) is 0.0464. The lowest BCUT2D eigenvalue weighted by Gasteiger charge is -2.19. The normalized spacial score (nSPS) is 18.5. The van der Waals surface area contributed by atoms with Crippen LogP contribution in [-0.4, -0.2) is 16.6 Å². The van der Waals surface area contributed by atoms with Crippen LogP contribution in [0.5, 0.6) is 0 Å². The van der Waals surface area contributed by atoms with E-state index in [-0.39, 0.29) is 11.4 Å². The van der Waals surface area contributed by atoms with Crippen LogP contribution in [0, 0.1) is 5.92 Å². The van der Waals surface area contributed by atoms with E-state index in [4.69, 9.17) is 5.11 Å². The van der Waals surface area contributed by atoms with Crippen LogP contribution >= 0.6 is 0 Å². The van der Waals surface area contributed by atoms with Gasteiger partial charge < -0.3 is 10.6 Å². The van der Waals surface area contributed by atoms with Crippen LogP contribution in [0.15, 0.2) is 0 Å². The number of aliphatic carboxylic acids is 1. The maximum atomic E-state index is 9.98. The van der Waals surface area contributed by atoms with Crippen LogP contribution in [0.4, 0.5) is 0 Å². The molecule has 0 amide bonds. The van der Waals surface area contributed by atoms with Crippen molar-refractivity contribution in [3.05, 3.63) is 0 Å². The third kappa shape index (κ3) is 1.20. The number of carboxylic acid groups (broad SMARTS) is 1. The maximum Gasteiger partial charge on any atom is 0.306 e. The van der Waals surface area contributed by atoms with E-state index >= 15 is 0 Å². The van der Waals surface area contributed by atoms with E-state index in [1.165, 1.54) is 0 Å². The summed E-state index contributed by atoms with van der Waals surface area (Å²) in [6.45, 7) is 0. The van der Waals surface area contributed by atoms with Gasteiger partial charge in [0.2, 0.25) is 0 Å². The molecule has 1 fully saturated rings. The summed E-state index contributed by atoms with van der Waals surface area (Å²) in [5.41, 5.74) is 0. The molecule has 0 spiro atoms. The van der Waals surface area contributed by atoms with E-state index in [1.54, 1.807) is 0 Å².